The first-order valence-electron chi connectivity index (χ1n) is 6.77. The minimum Gasteiger partial charge on any atom is -0.297 e. The molecule has 21 heavy (non-hydrogen) atoms. The summed E-state index contributed by atoms with van der Waals surface area (Å²) >= 11 is 0. The van der Waals surface area contributed by atoms with Crippen LogP contribution in [0.5, 0.6) is 0 Å². The third-order valence-corrected chi connectivity index (χ3v) is 4.98. The smallest absolute Gasteiger partial charge is 0.296 e. The Morgan fingerprint density at radius 3 is 2.33 bits per heavy atom. The molecule has 0 saturated heterocycles. The number of benzene rings is 1. The number of hydrogen-bond donors (Lipinski definition) is 0. The quantitative estimate of drug-likeness (QED) is 0.811. The number of nitrogens with zero attached hydrogens (tertiary/aromatic N) is 3. The Balaban J connectivity index is 2.17. The molecule has 0 unspecified atom stereocenters. The van der Waals surface area contributed by atoms with Crippen LogP contribution in [0.1, 0.15) is 44.1 Å². The molecule has 1 saturated carbocycles. The first-order valence-corrected chi connectivity index (χ1v) is 9.08. The second kappa shape index (κ2) is 4.81. The van der Waals surface area contributed by atoms with Crippen LogP contribution < -0.4 is 0 Å². The zero-order valence-electron chi connectivity index (χ0n) is 11.8. The van der Waals surface area contributed by atoms with Crippen molar-refractivity contribution in [2.24, 2.45) is 0 Å². The fourth-order valence-electron chi connectivity index (χ4n) is 2.52. The molecule has 0 amide bonds. The van der Waals surface area contributed by atoms with E-state index in [-0.39, 0.29) is 11.2 Å². The third-order valence-electron chi connectivity index (χ3n) is 3.85. The molecule has 112 valence electrons. The van der Waals surface area contributed by atoms with Gasteiger partial charge in [-0.05, 0) is 32.3 Å². The molecule has 1 aliphatic carbocycles. The van der Waals surface area contributed by atoms with Crippen molar-refractivity contribution >= 4 is 19.7 Å². The molecule has 1 aromatic heterocycles. The summed E-state index contributed by atoms with van der Waals surface area (Å²) in [5, 5.41) is 7.83. The van der Waals surface area contributed by atoms with Crippen molar-refractivity contribution < 1.29 is 8.42 Å². The van der Waals surface area contributed by atoms with Crippen LogP contribution in [0.3, 0.4) is 0 Å². The van der Waals surface area contributed by atoms with Gasteiger partial charge in [-0.1, -0.05) is 30.3 Å². The lowest BCUT2D eigenvalue weighted by Crippen LogP contribution is -2.25. The van der Waals surface area contributed by atoms with Crippen LogP contribution in [-0.4, -0.2) is 23.2 Å². The van der Waals surface area contributed by atoms with Gasteiger partial charge in [-0.3, -0.25) is 4.57 Å². The van der Waals surface area contributed by atoms with Gasteiger partial charge in [0.1, 0.15) is 5.82 Å². The molecular formula is C14H16ClN3O2S. The highest BCUT2D eigenvalue weighted by Crippen LogP contribution is 2.42. The SMILES string of the molecule is CC(C)(c1ccccc1)c1nnc(S(=O)(=O)Cl)n1C1CC1. The Kier molecular flexibility index (Phi) is 3.33. The van der Waals surface area contributed by atoms with E-state index >= 15 is 0 Å². The number of rotatable bonds is 4. The van der Waals surface area contributed by atoms with Gasteiger partial charge in [-0.2, -0.15) is 0 Å². The molecule has 0 radical (unpaired) electrons. The lowest BCUT2D eigenvalue weighted by atomic mass is 9.83. The van der Waals surface area contributed by atoms with Gasteiger partial charge in [0, 0.05) is 22.1 Å². The molecule has 0 atom stereocenters. The summed E-state index contributed by atoms with van der Waals surface area (Å²) in [4.78, 5) is 0. The predicted molar refractivity (Wildman–Crippen MR) is 79.9 cm³/mol. The summed E-state index contributed by atoms with van der Waals surface area (Å²) < 4.78 is 25.1. The van der Waals surface area contributed by atoms with E-state index in [4.69, 9.17) is 10.7 Å². The predicted octanol–water partition coefficient (Wildman–Crippen LogP) is 2.87. The summed E-state index contributed by atoms with van der Waals surface area (Å²) in [5.74, 6) is 0.635. The van der Waals surface area contributed by atoms with Gasteiger partial charge in [-0.25, -0.2) is 8.42 Å². The van der Waals surface area contributed by atoms with E-state index in [9.17, 15) is 8.42 Å². The summed E-state index contributed by atoms with van der Waals surface area (Å²) in [6.07, 6.45) is 1.85. The second-order valence-corrected chi connectivity index (χ2v) is 8.30. The molecule has 2 aromatic rings. The van der Waals surface area contributed by atoms with Crippen molar-refractivity contribution in [2.75, 3.05) is 0 Å². The van der Waals surface area contributed by atoms with E-state index in [0.717, 1.165) is 18.4 Å². The van der Waals surface area contributed by atoms with Crippen LogP contribution >= 0.6 is 10.7 Å². The Labute approximate surface area is 128 Å². The number of aromatic nitrogens is 3. The van der Waals surface area contributed by atoms with E-state index in [2.05, 4.69) is 10.2 Å². The lowest BCUT2D eigenvalue weighted by Gasteiger charge is -2.25. The Morgan fingerprint density at radius 1 is 1.19 bits per heavy atom. The minimum atomic E-state index is -3.90. The molecule has 0 bridgehead atoms. The molecule has 7 heteroatoms. The Hall–Kier alpha value is -1.40. The van der Waals surface area contributed by atoms with Gasteiger partial charge in [0.15, 0.2) is 0 Å². The van der Waals surface area contributed by atoms with Gasteiger partial charge < -0.3 is 0 Å². The molecule has 1 aliphatic rings. The topological polar surface area (TPSA) is 64.8 Å². The average molecular weight is 326 g/mol. The molecule has 5 nitrogen and oxygen atoms in total. The van der Waals surface area contributed by atoms with E-state index in [1.54, 1.807) is 4.57 Å². The number of halogens is 1. The van der Waals surface area contributed by atoms with Crippen LogP contribution in [0.25, 0.3) is 0 Å². The van der Waals surface area contributed by atoms with Gasteiger partial charge in [0.05, 0.1) is 0 Å². The maximum atomic E-state index is 11.7. The zero-order valence-corrected chi connectivity index (χ0v) is 13.4. The molecule has 1 heterocycles. The van der Waals surface area contributed by atoms with Gasteiger partial charge in [-0.15, -0.1) is 10.2 Å². The molecule has 0 aliphatic heterocycles. The summed E-state index contributed by atoms with van der Waals surface area (Å²) in [6, 6.07) is 9.98. The summed E-state index contributed by atoms with van der Waals surface area (Å²) in [5.41, 5.74) is 0.606. The maximum absolute atomic E-state index is 11.7. The van der Waals surface area contributed by atoms with Crippen LogP contribution in [0.2, 0.25) is 0 Å². The van der Waals surface area contributed by atoms with Crippen LogP contribution in [0.15, 0.2) is 35.5 Å². The van der Waals surface area contributed by atoms with E-state index in [0.29, 0.717) is 5.82 Å². The standard InChI is InChI=1S/C14H16ClN3O2S/c1-14(2,10-6-4-3-5-7-10)12-16-17-13(21(15,19)20)18(12)11-8-9-11/h3-7,11H,8-9H2,1-2H3. The molecule has 3 rings (SSSR count). The van der Waals surface area contributed by atoms with Gasteiger partial charge >= 0.3 is 0 Å². The Bertz CT molecular complexity index is 765. The highest BCUT2D eigenvalue weighted by molar-refractivity contribution is 8.13. The first kappa shape index (κ1) is 14.5. The molecule has 1 fully saturated rings. The fourth-order valence-corrected chi connectivity index (χ4v) is 3.44. The second-order valence-electron chi connectivity index (χ2n) is 5.84. The summed E-state index contributed by atoms with van der Waals surface area (Å²) in [7, 11) is 1.60. The lowest BCUT2D eigenvalue weighted by molar-refractivity contribution is 0.510. The summed E-state index contributed by atoms with van der Waals surface area (Å²) in [6.45, 7) is 4.02. The fraction of sp³-hybridized carbons (Fsp3) is 0.429. The van der Waals surface area contributed by atoms with Crippen molar-refractivity contribution in [3.63, 3.8) is 0 Å². The maximum Gasteiger partial charge on any atom is 0.296 e. The van der Waals surface area contributed by atoms with Crippen LogP contribution in [0, 0.1) is 0 Å². The van der Waals surface area contributed by atoms with Crippen LogP contribution in [0.4, 0.5) is 0 Å². The van der Waals surface area contributed by atoms with Gasteiger partial charge in [0.25, 0.3) is 14.2 Å². The molecule has 0 spiro atoms. The van der Waals surface area contributed by atoms with Crippen molar-refractivity contribution in [3.05, 3.63) is 41.7 Å². The van der Waals surface area contributed by atoms with Crippen molar-refractivity contribution in [1.82, 2.24) is 14.8 Å². The third kappa shape index (κ3) is 2.58. The highest BCUT2D eigenvalue weighted by atomic mass is 35.7. The van der Waals surface area contributed by atoms with E-state index < -0.39 is 14.5 Å². The normalized spacial score (nSPS) is 16.1. The highest BCUT2D eigenvalue weighted by Gasteiger charge is 2.39. The van der Waals surface area contributed by atoms with Gasteiger partial charge in [0.2, 0.25) is 0 Å². The Morgan fingerprint density at radius 2 is 1.81 bits per heavy atom. The monoisotopic (exact) mass is 325 g/mol. The van der Waals surface area contributed by atoms with Crippen LogP contribution in [-0.2, 0) is 14.5 Å². The molecule has 1 aromatic carbocycles. The van der Waals surface area contributed by atoms with Crippen molar-refractivity contribution in [2.45, 2.75) is 43.3 Å². The van der Waals surface area contributed by atoms with E-state index in [1.807, 2.05) is 44.2 Å². The molecule has 0 N–H and O–H groups in total. The average Bonchev–Trinajstić information content (AvgIpc) is 3.16. The number of hydrogen-bond acceptors (Lipinski definition) is 4. The van der Waals surface area contributed by atoms with E-state index in [1.165, 1.54) is 0 Å². The van der Waals surface area contributed by atoms with Crippen molar-refractivity contribution in [1.29, 1.82) is 0 Å². The minimum absolute atomic E-state index is 0.126. The first-order chi connectivity index (χ1) is 9.82. The molecular weight excluding hydrogens is 310 g/mol. The largest absolute Gasteiger partial charge is 0.297 e. The zero-order chi connectivity index (χ0) is 15.3. The van der Waals surface area contributed by atoms with Crippen molar-refractivity contribution in [3.8, 4) is 0 Å².